The number of guanidine groups is 1. The van der Waals surface area contributed by atoms with Crippen LogP contribution in [0.25, 0.3) is 0 Å². The van der Waals surface area contributed by atoms with Gasteiger partial charge < -0.3 is 15.4 Å². The van der Waals surface area contributed by atoms with Gasteiger partial charge in [-0.2, -0.15) is 0 Å². The summed E-state index contributed by atoms with van der Waals surface area (Å²) in [7, 11) is 0.502. The summed E-state index contributed by atoms with van der Waals surface area (Å²) in [6, 6.07) is 4.75. The van der Waals surface area contributed by atoms with Crippen molar-refractivity contribution in [2.45, 2.75) is 45.4 Å². The van der Waals surface area contributed by atoms with E-state index in [0.717, 1.165) is 5.56 Å². The van der Waals surface area contributed by atoms with Gasteiger partial charge in [0, 0.05) is 27.8 Å². The molecule has 0 spiro atoms. The topological polar surface area (TPSA) is 62.7 Å². The van der Waals surface area contributed by atoms with Crippen LogP contribution in [0, 0.1) is 5.82 Å². The summed E-state index contributed by atoms with van der Waals surface area (Å²) in [5, 5.41) is 6.40. The summed E-state index contributed by atoms with van der Waals surface area (Å²) in [6.45, 7) is 10.9. The molecular weight excluding hydrogens is 341 g/mol. The summed E-state index contributed by atoms with van der Waals surface area (Å²) in [4.78, 5) is 4.47. The van der Waals surface area contributed by atoms with Crippen molar-refractivity contribution in [1.29, 1.82) is 0 Å². The third-order valence-corrected chi connectivity index (χ3v) is 5.52. The minimum Gasteiger partial charge on any atom is -0.494 e. The van der Waals surface area contributed by atoms with Crippen LogP contribution in [0.5, 0.6) is 5.75 Å². The van der Waals surface area contributed by atoms with E-state index in [1.807, 2.05) is 40.7 Å². The number of ether oxygens (including phenoxy) is 1. The van der Waals surface area contributed by atoms with Crippen molar-refractivity contribution in [2.24, 2.45) is 4.99 Å². The van der Waals surface area contributed by atoms with Crippen LogP contribution in [0.15, 0.2) is 23.2 Å². The van der Waals surface area contributed by atoms with Crippen LogP contribution < -0.4 is 15.4 Å². The van der Waals surface area contributed by atoms with Crippen molar-refractivity contribution in [3.8, 4) is 5.75 Å². The Balaban J connectivity index is 2.74. The van der Waals surface area contributed by atoms with Crippen molar-refractivity contribution in [1.82, 2.24) is 10.6 Å². The van der Waals surface area contributed by atoms with Gasteiger partial charge in [-0.3, -0.25) is 9.20 Å². The Bertz CT molecular complexity index is 615. The van der Waals surface area contributed by atoms with Crippen molar-refractivity contribution in [2.75, 3.05) is 26.0 Å². The first kappa shape index (κ1) is 21.4. The van der Waals surface area contributed by atoms with E-state index in [2.05, 4.69) is 15.6 Å². The number of nitrogens with zero attached hydrogens (tertiary/aromatic N) is 1. The van der Waals surface area contributed by atoms with Crippen molar-refractivity contribution in [3.05, 3.63) is 29.6 Å². The van der Waals surface area contributed by atoms with E-state index in [9.17, 15) is 8.60 Å². The number of rotatable bonds is 7. The third kappa shape index (κ3) is 7.02. The molecule has 0 amide bonds. The van der Waals surface area contributed by atoms with Gasteiger partial charge in [0.2, 0.25) is 0 Å². The zero-order valence-corrected chi connectivity index (χ0v) is 16.8. The van der Waals surface area contributed by atoms with Crippen LogP contribution >= 0.6 is 0 Å². The van der Waals surface area contributed by atoms with E-state index in [-0.39, 0.29) is 16.5 Å². The molecule has 2 unspecified atom stereocenters. The fraction of sp³-hybridized carbons (Fsp3) is 0.611. The predicted molar refractivity (Wildman–Crippen MR) is 103 cm³/mol. The van der Waals surface area contributed by atoms with Crippen LogP contribution in [-0.2, 0) is 10.8 Å². The highest BCUT2D eigenvalue weighted by Gasteiger charge is 2.18. The molecule has 2 atom stereocenters. The van der Waals surface area contributed by atoms with Crippen LogP contribution in [0.2, 0.25) is 0 Å². The molecule has 142 valence electrons. The number of aliphatic imine (C=N–C) groups is 1. The third-order valence-electron chi connectivity index (χ3n) is 3.60. The molecule has 0 saturated carbocycles. The van der Waals surface area contributed by atoms with E-state index >= 15 is 0 Å². The summed E-state index contributed by atoms with van der Waals surface area (Å²) in [5.74, 6) is 0.959. The molecule has 0 radical (unpaired) electrons. The molecular formula is C18H30FN3O2S. The number of halogens is 1. The maximum atomic E-state index is 13.9. The summed E-state index contributed by atoms with van der Waals surface area (Å²) < 4.78 is 30.7. The van der Waals surface area contributed by atoms with Gasteiger partial charge in [-0.1, -0.05) is 6.07 Å². The molecule has 25 heavy (non-hydrogen) atoms. The number of hydrogen-bond donors (Lipinski definition) is 2. The van der Waals surface area contributed by atoms with E-state index in [0.29, 0.717) is 24.8 Å². The standard InChI is InChI=1S/C18H30FN3O2S/c1-7-20-17(21-10-11-25(23)18(3,4)5)22-13(2)14-8-9-16(24-6)15(19)12-14/h8-9,12-13H,7,10-11H2,1-6H3,(H2,20,21,22). The van der Waals surface area contributed by atoms with E-state index in [1.54, 1.807) is 6.07 Å². The second kappa shape index (κ2) is 9.75. The molecule has 0 saturated heterocycles. The van der Waals surface area contributed by atoms with Gasteiger partial charge in [0.1, 0.15) is 0 Å². The minimum atomic E-state index is -0.939. The van der Waals surface area contributed by atoms with E-state index < -0.39 is 16.6 Å². The number of benzene rings is 1. The number of hydrogen-bond acceptors (Lipinski definition) is 3. The molecule has 0 aliphatic carbocycles. The Hall–Kier alpha value is -1.63. The molecule has 0 heterocycles. The molecule has 1 aromatic rings. The van der Waals surface area contributed by atoms with Crippen molar-refractivity contribution < 1.29 is 13.3 Å². The Morgan fingerprint density at radius 1 is 1.40 bits per heavy atom. The van der Waals surface area contributed by atoms with Gasteiger partial charge in [0.15, 0.2) is 17.5 Å². The Morgan fingerprint density at radius 3 is 2.60 bits per heavy atom. The van der Waals surface area contributed by atoms with Gasteiger partial charge >= 0.3 is 0 Å². The largest absolute Gasteiger partial charge is 0.494 e. The fourth-order valence-corrected chi connectivity index (χ4v) is 2.98. The van der Waals surface area contributed by atoms with Gasteiger partial charge in [-0.15, -0.1) is 0 Å². The van der Waals surface area contributed by atoms with Crippen LogP contribution in [-0.4, -0.2) is 40.9 Å². The Labute approximate surface area is 152 Å². The SMILES string of the molecule is CCNC(=NCCS(=O)C(C)(C)C)NC(C)c1ccc(OC)c(F)c1. The van der Waals surface area contributed by atoms with E-state index in [1.165, 1.54) is 13.2 Å². The van der Waals surface area contributed by atoms with Crippen molar-refractivity contribution >= 4 is 16.8 Å². The monoisotopic (exact) mass is 371 g/mol. The summed E-state index contributed by atoms with van der Waals surface area (Å²) in [6.07, 6.45) is 0. The Kier molecular flexibility index (Phi) is 8.35. The lowest BCUT2D eigenvalue weighted by molar-refractivity contribution is 0.386. The first-order valence-corrected chi connectivity index (χ1v) is 9.77. The van der Waals surface area contributed by atoms with Gasteiger partial charge in [-0.05, 0) is 52.3 Å². The lowest BCUT2D eigenvalue weighted by atomic mass is 10.1. The highest BCUT2D eigenvalue weighted by Crippen LogP contribution is 2.21. The summed E-state index contributed by atoms with van der Waals surface area (Å²) in [5.41, 5.74) is 0.794. The second-order valence-electron chi connectivity index (χ2n) is 6.68. The molecule has 2 N–H and O–H groups in total. The number of nitrogens with one attached hydrogen (secondary N) is 2. The van der Waals surface area contributed by atoms with Crippen LogP contribution in [0.4, 0.5) is 4.39 Å². The first-order chi connectivity index (χ1) is 11.7. The molecule has 0 aromatic heterocycles. The zero-order valence-electron chi connectivity index (χ0n) is 16.0. The Morgan fingerprint density at radius 2 is 2.08 bits per heavy atom. The highest BCUT2D eigenvalue weighted by atomic mass is 32.2. The average molecular weight is 372 g/mol. The normalized spacial score (nSPS) is 14.8. The molecule has 1 rings (SSSR count). The maximum absolute atomic E-state index is 13.9. The molecule has 1 aromatic carbocycles. The molecule has 7 heteroatoms. The van der Waals surface area contributed by atoms with Gasteiger partial charge in [0.05, 0.1) is 19.7 Å². The zero-order chi connectivity index (χ0) is 19.0. The van der Waals surface area contributed by atoms with Gasteiger partial charge in [0.25, 0.3) is 0 Å². The van der Waals surface area contributed by atoms with Crippen molar-refractivity contribution in [3.63, 3.8) is 0 Å². The number of methoxy groups -OCH3 is 1. The molecule has 0 aliphatic heterocycles. The lowest BCUT2D eigenvalue weighted by Crippen LogP contribution is -2.39. The molecule has 0 fully saturated rings. The first-order valence-electron chi connectivity index (χ1n) is 8.45. The quantitative estimate of drug-likeness (QED) is 0.571. The van der Waals surface area contributed by atoms with Crippen LogP contribution in [0.1, 0.15) is 46.2 Å². The minimum absolute atomic E-state index is 0.133. The highest BCUT2D eigenvalue weighted by molar-refractivity contribution is 7.86. The molecule has 5 nitrogen and oxygen atoms in total. The maximum Gasteiger partial charge on any atom is 0.191 e. The average Bonchev–Trinajstić information content (AvgIpc) is 2.53. The molecule has 0 aliphatic rings. The van der Waals surface area contributed by atoms with Gasteiger partial charge in [-0.25, -0.2) is 4.39 Å². The van der Waals surface area contributed by atoms with Crippen LogP contribution in [0.3, 0.4) is 0 Å². The predicted octanol–water partition coefficient (Wildman–Crippen LogP) is 3.00. The fourth-order valence-electron chi connectivity index (χ4n) is 2.11. The lowest BCUT2D eigenvalue weighted by Gasteiger charge is -2.19. The smallest absolute Gasteiger partial charge is 0.191 e. The summed E-state index contributed by atoms with van der Waals surface area (Å²) >= 11 is 0. The molecule has 0 bridgehead atoms. The van der Waals surface area contributed by atoms with E-state index in [4.69, 9.17) is 4.74 Å². The second-order valence-corrected chi connectivity index (χ2v) is 9.01.